The lowest BCUT2D eigenvalue weighted by atomic mass is 10.1. The van der Waals surface area contributed by atoms with E-state index in [1.54, 1.807) is 18.4 Å². The molecular formula is C15H18N2O2S. The lowest BCUT2D eigenvalue weighted by Crippen LogP contribution is -2.24. The van der Waals surface area contributed by atoms with Crippen molar-refractivity contribution >= 4 is 17.2 Å². The van der Waals surface area contributed by atoms with Crippen LogP contribution >= 0.6 is 11.3 Å². The summed E-state index contributed by atoms with van der Waals surface area (Å²) in [6.07, 6.45) is 0.313. The molecule has 2 aromatic rings. The Bertz CT molecular complexity index is 588. The van der Waals surface area contributed by atoms with Crippen LogP contribution in [0.5, 0.6) is 5.75 Å². The van der Waals surface area contributed by atoms with E-state index >= 15 is 0 Å². The summed E-state index contributed by atoms with van der Waals surface area (Å²) in [4.78, 5) is 17.6. The maximum Gasteiger partial charge on any atom is 0.224 e. The SMILES string of the molecule is COc1ccccc1CC(=O)NCc1nc(C)c(C)s1. The normalized spacial score (nSPS) is 10.3. The molecule has 0 aliphatic heterocycles. The van der Waals surface area contributed by atoms with E-state index in [4.69, 9.17) is 4.74 Å². The number of ether oxygens (including phenoxy) is 1. The van der Waals surface area contributed by atoms with Gasteiger partial charge in [0.1, 0.15) is 10.8 Å². The number of thiazole rings is 1. The molecule has 0 saturated carbocycles. The Balaban J connectivity index is 1.92. The second-order valence-electron chi connectivity index (χ2n) is 4.51. The van der Waals surface area contributed by atoms with Crippen molar-refractivity contribution in [1.82, 2.24) is 10.3 Å². The third-order valence-corrected chi connectivity index (χ3v) is 4.13. The van der Waals surface area contributed by atoms with Gasteiger partial charge in [-0.3, -0.25) is 4.79 Å². The minimum atomic E-state index is -0.0278. The summed E-state index contributed by atoms with van der Waals surface area (Å²) in [6.45, 7) is 4.49. The predicted molar refractivity (Wildman–Crippen MR) is 80.1 cm³/mol. The Hall–Kier alpha value is -1.88. The Labute approximate surface area is 122 Å². The number of carbonyl (C=O) groups excluding carboxylic acids is 1. The second kappa shape index (κ2) is 6.52. The van der Waals surface area contributed by atoms with Crippen LogP contribution in [0.15, 0.2) is 24.3 Å². The average Bonchev–Trinajstić information content (AvgIpc) is 2.76. The minimum Gasteiger partial charge on any atom is -0.496 e. The highest BCUT2D eigenvalue weighted by molar-refractivity contribution is 7.11. The molecule has 1 aromatic carbocycles. The van der Waals surface area contributed by atoms with E-state index in [-0.39, 0.29) is 5.91 Å². The van der Waals surface area contributed by atoms with Crippen LogP contribution in [0.3, 0.4) is 0 Å². The van der Waals surface area contributed by atoms with Gasteiger partial charge in [-0.05, 0) is 19.9 Å². The van der Waals surface area contributed by atoms with Crippen LogP contribution in [0.4, 0.5) is 0 Å². The Morgan fingerprint density at radius 3 is 2.75 bits per heavy atom. The molecule has 0 fully saturated rings. The van der Waals surface area contributed by atoms with Crippen LogP contribution < -0.4 is 10.1 Å². The molecule has 0 bridgehead atoms. The number of methoxy groups -OCH3 is 1. The zero-order chi connectivity index (χ0) is 14.5. The van der Waals surface area contributed by atoms with Crippen molar-refractivity contribution in [2.75, 3.05) is 7.11 Å². The molecular weight excluding hydrogens is 272 g/mol. The third kappa shape index (κ3) is 3.57. The van der Waals surface area contributed by atoms with Gasteiger partial charge in [-0.25, -0.2) is 4.98 Å². The van der Waals surface area contributed by atoms with Crippen LogP contribution in [0.1, 0.15) is 21.1 Å². The maximum absolute atomic E-state index is 12.0. The van der Waals surface area contributed by atoms with Crippen LogP contribution in [0, 0.1) is 13.8 Å². The van der Waals surface area contributed by atoms with E-state index in [1.165, 1.54) is 4.88 Å². The van der Waals surface area contributed by atoms with Crippen molar-refractivity contribution in [2.45, 2.75) is 26.8 Å². The second-order valence-corrected chi connectivity index (χ2v) is 5.80. The molecule has 1 amide bonds. The van der Waals surface area contributed by atoms with Gasteiger partial charge < -0.3 is 10.1 Å². The monoisotopic (exact) mass is 290 g/mol. The number of rotatable bonds is 5. The molecule has 4 nitrogen and oxygen atoms in total. The predicted octanol–water partition coefficient (Wildman–Crippen LogP) is 2.63. The number of nitrogens with zero attached hydrogens (tertiary/aromatic N) is 1. The highest BCUT2D eigenvalue weighted by Gasteiger charge is 2.09. The number of aromatic nitrogens is 1. The molecule has 106 valence electrons. The van der Waals surface area contributed by atoms with Crippen LogP contribution in [0.25, 0.3) is 0 Å². The molecule has 0 spiro atoms. The Kier molecular flexibility index (Phi) is 4.74. The molecule has 2 rings (SSSR count). The van der Waals surface area contributed by atoms with Gasteiger partial charge in [0, 0.05) is 10.4 Å². The summed E-state index contributed by atoms with van der Waals surface area (Å²) < 4.78 is 5.24. The first-order valence-corrected chi connectivity index (χ1v) is 7.23. The lowest BCUT2D eigenvalue weighted by Gasteiger charge is -2.08. The van der Waals surface area contributed by atoms with E-state index in [2.05, 4.69) is 10.3 Å². The first-order valence-electron chi connectivity index (χ1n) is 6.41. The quantitative estimate of drug-likeness (QED) is 0.921. The molecule has 5 heteroatoms. The standard InChI is InChI=1S/C15H18N2O2S/c1-10-11(2)20-15(17-10)9-16-14(18)8-12-6-4-5-7-13(12)19-3/h4-7H,8-9H2,1-3H3,(H,16,18). The van der Waals surface area contributed by atoms with Gasteiger partial charge in [-0.15, -0.1) is 11.3 Å². The zero-order valence-electron chi connectivity index (χ0n) is 11.9. The number of hydrogen-bond donors (Lipinski definition) is 1. The molecule has 1 N–H and O–H groups in total. The molecule has 1 heterocycles. The zero-order valence-corrected chi connectivity index (χ0v) is 12.7. The number of aryl methyl sites for hydroxylation is 2. The summed E-state index contributed by atoms with van der Waals surface area (Å²) in [6, 6.07) is 7.55. The van der Waals surface area contributed by atoms with Crippen molar-refractivity contribution in [2.24, 2.45) is 0 Å². The number of benzene rings is 1. The fraction of sp³-hybridized carbons (Fsp3) is 0.333. The summed E-state index contributed by atoms with van der Waals surface area (Å²) >= 11 is 1.62. The van der Waals surface area contributed by atoms with Crippen LogP contribution in [-0.2, 0) is 17.8 Å². The fourth-order valence-electron chi connectivity index (χ4n) is 1.87. The van der Waals surface area contributed by atoms with Crippen molar-refractivity contribution in [3.8, 4) is 5.75 Å². The summed E-state index contributed by atoms with van der Waals surface area (Å²) in [5.74, 6) is 0.712. The number of nitrogens with one attached hydrogen (secondary N) is 1. The van der Waals surface area contributed by atoms with Crippen molar-refractivity contribution < 1.29 is 9.53 Å². The highest BCUT2D eigenvalue weighted by Crippen LogP contribution is 2.18. The first-order chi connectivity index (χ1) is 9.60. The fourth-order valence-corrected chi connectivity index (χ4v) is 2.75. The van der Waals surface area contributed by atoms with Crippen molar-refractivity contribution in [3.63, 3.8) is 0 Å². The lowest BCUT2D eigenvalue weighted by molar-refractivity contribution is -0.120. The number of para-hydroxylation sites is 1. The van der Waals surface area contributed by atoms with Crippen molar-refractivity contribution in [1.29, 1.82) is 0 Å². The van der Waals surface area contributed by atoms with Gasteiger partial charge in [0.15, 0.2) is 0 Å². The Morgan fingerprint density at radius 2 is 2.10 bits per heavy atom. The summed E-state index contributed by atoms with van der Waals surface area (Å²) in [5, 5.41) is 3.83. The number of carbonyl (C=O) groups is 1. The van der Waals surface area contributed by atoms with Crippen LogP contribution in [0.2, 0.25) is 0 Å². The third-order valence-electron chi connectivity index (χ3n) is 3.05. The molecule has 1 aromatic heterocycles. The molecule has 0 radical (unpaired) electrons. The maximum atomic E-state index is 12.0. The summed E-state index contributed by atoms with van der Waals surface area (Å²) in [5.41, 5.74) is 1.92. The molecule has 0 aliphatic carbocycles. The van der Waals surface area contributed by atoms with Crippen LogP contribution in [-0.4, -0.2) is 18.0 Å². The van der Waals surface area contributed by atoms with Gasteiger partial charge in [-0.1, -0.05) is 18.2 Å². The number of amides is 1. The minimum absolute atomic E-state index is 0.0278. The average molecular weight is 290 g/mol. The van der Waals surface area contributed by atoms with Gasteiger partial charge >= 0.3 is 0 Å². The summed E-state index contributed by atoms with van der Waals surface area (Å²) in [7, 11) is 1.61. The number of hydrogen-bond acceptors (Lipinski definition) is 4. The van der Waals surface area contributed by atoms with E-state index in [0.29, 0.717) is 13.0 Å². The highest BCUT2D eigenvalue weighted by atomic mass is 32.1. The first kappa shape index (κ1) is 14.5. The van der Waals surface area contributed by atoms with Gasteiger partial charge in [0.25, 0.3) is 0 Å². The van der Waals surface area contributed by atoms with Gasteiger partial charge in [-0.2, -0.15) is 0 Å². The molecule has 0 unspecified atom stereocenters. The largest absolute Gasteiger partial charge is 0.496 e. The van der Waals surface area contributed by atoms with E-state index in [0.717, 1.165) is 22.0 Å². The van der Waals surface area contributed by atoms with Gasteiger partial charge in [0.05, 0.1) is 25.8 Å². The van der Waals surface area contributed by atoms with E-state index < -0.39 is 0 Å². The topological polar surface area (TPSA) is 51.2 Å². The molecule has 0 aliphatic rings. The van der Waals surface area contributed by atoms with Crippen molar-refractivity contribution in [3.05, 3.63) is 45.4 Å². The van der Waals surface area contributed by atoms with E-state index in [9.17, 15) is 4.79 Å². The molecule has 20 heavy (non-hydrogen) atoms. The Morgan fingerprint density at radius 1 is 1.35 bits per heavy atom. The molecule has 0 atom stereocenters. The molecule has 0 saturated heterocycles. The van der Waals surface area contributed by atoms with E-state index in [1.807, 2.05) is 38.1 Å². The van der Waals surface area contributed by atoms with Gasteiger partial charge in [0.2, 0.25) is 5.91 Å². The smallest absolute Gasteiger partial charge is 0.224 e.